The molecule has 3 aliphatic rings. The van der Waals surface area contributed by atoms with Crippen molar-refractivity contribution >= 4 is 11.4 Å². The topological polar surface area (TPSA) is 19.4 Å². The van der Waals surface area contributed by atoms with Gasteiger partial charge in [0.05, 0.1) is 0 Å². The first kappa shape index (κ1) is 20.5. The molecule has 2 atom stereocenters. The van der Waals surface area contributed by atoms with E-state index in [1.165, 1.54) is 64.9 Å². The highest BCUT2D eigenvalue weighted by Crippen LogP contribution is 2.44. The SMILES string of the molecule is C=C(c1ccc2c(c1)C(c1ccccc1C)CC2)N1CCC2(CCN(c3ccncc3)C2)C1. The molecule has 1 aromatic heterocycles. The van der Waals surface area contributed by atoms with E-state index in [2.05, 4.69) is 82.9 Å². The predicted octanol–water partition coefficient (Wildman–Crippen LogP) is 6.04. The first-order valence-corrected chi connectivity index (χ1v) is 12.4. The quantitative estimate of drug-likeness (QED) is 0.498. The number of rotatable bonds is 4. The molecule has 0 amide bonds. The molecule has 1 aliphatic carbocycles. The fraction of sp³-hybridized carbons (Fsp3) is 0.367. The van der Waals surface area contributed by atoms with E-state index >= 15 is 0 Å². The third kappa shape index (κ3) is 3.64. The second kappa shape index (κ2) is 8.06. The van der Waals surface area contributed by atoms with Gasteiger partial charge in [-0.25, -0.2) is 0 Å². The molecule has 2 saturated heterocycles. The van der Waals surface area contributed by atoms with E-state index in [1.54, 1.807) is 0 Å². The number of fused-ring (bicyclic) bond motifs is 1. The molecule has 3 heterocycles. The number of anilines is 1. The Kier molecular flexibility index (Phi) is 5.01. The van der Waals surface area contributed by atoms with Crippen LogP contribution in [0.15, 0.2) is 73.6 Å². The van der Waals surface area contributed by atoms with Crippen LogP contribution in [0.4, 0.5) is 5.69 Å². The molecule has 3 nitrogen and oxygen atoms in total. The minimum atomic E-state index is 0.382. The zero-order chi connectivity index (χ0) is 22.4. The summed E-state index contributed by atoms with van der Waals surface area (Å²) in [5.74, 6) is 0.516. The van der Waals surface area contributed by atoms with Crippen molar-refractivity contribution in [2.45, 2.75) is 38.5 Å². The molecule has 3 aromatic rings. The highest BCUT2D eigenvalue weighted by Gasteiger charge is 2.44. The van der Waals surface area contributed by atoms with Gasteiger partial charge in [0.15, 0.2) is 0 Å². The maximum absolute atomic E-state index is 4.58. The number of aromatic nitrogens is 1. The standard InChI is InChI=1S/C30H33N3/c1-22-5-3-4-6-27(22)28-10-9-24-7-8-25(19-29(24)28)23(2)32-17-13-30(20-32)14-18-33(21-30)26-11-15-31-16-12-26/h3-8,11-12,15-16,19,28H,2,9-10,13-14,17-18,20-21H2,1H3. The van der Waals surface area contributed by atoms with Crippen molar-refractivity contribution in [3.63, 3.8) is 0 Å². The monoisotopic (exact) mass is 435 g/mol. The molecule has 0 N–H and O–H groups in total. The van der Waals surface area contributed by atoms with Gasteiger partial charge in [-0.15, -0.1) is 0 Å². The lowest BCUT2D eigenvalue weighted by Gasteiger charge is -2.27. The minimum Gasteiger partial charge on any atom is -0.371 e. The summed E-state index contributed by atoms with van der Waals surface area (Å²) < 4.78 is 0. The normalized spacial score (nSPS) is 24.0. The van der Waals surface area contributed by atoms with Crippen LogP contribution in [-0.4, -0.2) is 36.1 Å². The Morgan fingerprint density at radius 2 is 1.79 bits per heavy atom. The fourth-order valence-corrected chi connectivity index (χ4v) is 6.47. The van der Waals surface area contributed by atoms with Crippen LogP contribution in [0, 0.1) is 12.3 Å². The summed E-state index contributed by atoms with van der Waals surface area (Å²) >= 11 is 0. The van der Waals surface area contributed by atoms with Gasteiger partial charge in [0.2, 0.25) is 0 Å². The lowest BCUT2D eigenvalue weighted by atomic mass is 9.86. The van der Waals surface area contributed by atoms with Gasteiger partial charge in [-0.1, -0.05) is 43.0 Å². The van der Waals surface area contributed by atoms with E-state index < -0.39 is 0 Å². The molecule has 33 heavy (non-hydrogen) atoms. The number of nitrogens with zero attached hydrogens (tertiary/aromatic N) is 3. The second-order valence-electron chi connectivity index (χ2n) is 10.4. The van der Waals surface area contributed by atoms with Crippen LogP contribution in [0.2, 0.25) is 0 Å². The molecule has 2 aliphatic heterocycles. The summed E-state index contributed by atoms with van der Waals surface area (Å²) in [5, 5.41) is 0. The summed E-state index contributed by atoms with van der Waals surface area (Å²) in [6.45, 7) is 11.3. The van der Waals surface area contributed by atoms with E-state index in [0.29, 0.717) is 11.3 Å². The molecule has 2 unspecified atom stereocenters. The molecule has 2 aromatic carbocycles. The number of hydrogen-bond donors (Lipinski definition) is 0. The van der Waals surface area contributed by atoms with E-state index in [4.69, 9.17) is 0 Å². The van der Waals surface area contributed by atoms with Gasteiger partial charge >= 0.3 is 0 Å². The zero-order valence-electron chi connectivity index (χ0n) is 19.6. The van der Waals surface area contributed by atoms with Crippen molar-refractivity contribution in [3.8, 4) is 0 Å². The molecule has 2 fully saturated rings. The Labute approximate surface area is 197 Å². The van der Waals surface area contributed by atoms with Crippen LogP contribution in [0.1, 0.15) is 53.0 Å². The molecule has 168 valence electrons. The lowest BCUT2D eigenvalue weighted by Crippen LogP contribution is -2.30. The molecule has 6 rings (SSSR count). The van der Waals surface area contributed by atoms with Crippen LogP contribution in [-0.2, 0) is 6.42 Å². The molecule has 1 spiro atoms. The van der Waals surface area contributed by atoms with Crippen LogP contribution in [0.3, 0.4) is 0 Å². The number of pyridine rings is 1. The van der Waals surface area contributed by atoms with Gasteiger partial charge in [0, 0.05) is 61.3 Å². The average molecular weight is 436 g/mol. The second-order valence-corrected chi connectivity index (χ2v) is 10.4. The van der Waals surface area contributed by atoms with Crippen molar-refractivity contribution in [2.24, 2.45) is 5.41 Å². The van der Waals surface area contributed by atoms with Gasteiger partial charge in [-0.05, 0) is 78.6 Å². The van der Waals surface area contributed by atoms with Crippen molar-refractivity contribution < 1.29 is 0 Å². The van der Waals surface area contributed by atoms with Crippen molar-refractivity contribution in [3.05, 3.63) is 101 Å². The van der Waals surface area contributed by atoms with E-state index in [9.17, 15) is 0 Å². The molecular formula is C30H33N3. The maximum atomic E-state index is 4.58. The third-order valence-electron chi connectivity index (χ3n) is 8.41. The van der Waals surface area contributed by atoms with Crippen molar-refractivity contribution in [1.82, 2.24) is 9.88 Å². The summed E-state index contributed by atoms with van der Waals surface area (Å²) in [6, 6.07) is 20.3. The van der Waals surface area contributed by atoms with E-state index in [0.717, 1.165) is 26.2 Å². The maximum Gasteiger partial charge on any atom is 0.0397 e. The highest BCUT2D eigenvalue weighted by molar-refractivity contribution is 5.65. The van der Waals surface area contributed by atoms with Crippen molar-refractivity contribution in [2.75, 3.05) is 31.1 Å². The highest BCUT2D eigenvalue weighted by atomic mass is 15.2. The molecule has 0 bridgehead atoms. The van der Waals surface area contributed by atoms with Crippen LogP contribution < -0.4 is 4.90 Å². The Hall–Kier alpha value is -3.07. The fourth-order valence-electron chi connectivity index (χ4n) is 6.47. The largest absolute Gasteiger partial charge is 0.371 e. The van der Waals surface area contributed by atoms with Gasteiger partial charge < -0.3 is 9.80 Å². The Balaban J connectivity index is 1.20. The summed E-state index contributed by atoms with van der Waals surface area (Å²) in [4.78, 5) is 9.27. The van der Waals surface area contributed by atoms with Crippen molar-refractivity contribution in [1.29, 1.82) is 0 Å². The Morgan fingerprint density at radius 1 is 0.970 bits per heavy atom. The Bertz CT molecular complexity index is 1180. The van der Waals surface area contributed by atoms with Crippen LogP contribution in [0.25, 0.3) is 5.70 Å². The average Bonchev–Trinajstić information content (AvgIpc) is 3.58. The predicted molar refractivity (Wildman–Crippen MR) is 137 cm³/mol. The first-order valence-electron chi connectivity index (χ1n) is 12.4. The van der Waals surface area contributed by atoms with Gasteiger partial charge in [0.25, 0.3) is 0 Å². The van der Waals surface area contributed by atoms with Gasteiger partial charge in [0.1, 0.15) is 0 Å². The summed E-state index contributed by atoms with van der Waals surface area (Å²) in [6.07, 6.45) is 8.72. The number of likely N-dealkylation sites (tertiary alicyclic amines) is 1. The van der Waals surface area contributed by atoms with E-state index in [-0.39, 0.29) is 0 Å². The lowest BCUT2D eigenvalue weighted by molar-refractivity contribution is 0.335. The summed E-state index contributed by atoms with van der Waals surface area (Å²) in [7, 11) is 0. The van der Waals surface area contributed by atoms with Crippen LogP contribution in [0.5, 0.6) is 0 Å². The van der Waals surface area contributed by atoms with Gasteiger partial charge in [-0.2, -0.15) is 0 Å². The molecule has 3 heteroatoms. The van der Waals surface area contributed by atoms with Gasteiger partial charge in [-0.3, -0.25) is 4.98 Å². The molecular weight excluding hydrogens is 402 g/mol. The summed E-state index contributed by atoms with van der Waals surface area (Å²) in [5.41, 5.74) is 10.1. The number of hydrogen-bond acceptors (Lipinski definition) is 3. The first-order chi connectivity index (χ1) is 16.1. The minimum absolute atomic E-state index is 0.382. The molecule has 0 radical (unpaired) electrons. The smallest absolute Gasteiger partial charge is 0.0397 e. The number of benzene rings is 2. The Morgan fingerprint density at radius 3 is 2.64 bits per heavy atom. The van der Waals surface area contributed by atoms with Crippen LogP contribution >= 0.6 is 0 Å². The van der Waals surface area contributed by atoms with E-state index in [1.807, 2.05) is 12.4 Å². The zero-order valence-corrected chi connectivity index (χ0v) is 19.6. The number of aryl methyl sites for hydroxylation is 2. The molecule has 0 saturated carbocycles. The third-order valence-corrected chi connectivity index (χ3v) is 8.41.